The number of hydrogen-bond donors (Lipinski definition) is 0. The van der Waals surface area contributed by atoms with Crippen molar-refractivity contribution in [2.75, 3.05) is 12.3 Å². The molecule has 0 radical (unpaired) electrons. The van der Waals surface area contributed by atoms with Gasteiger partial charge in [-0.05, 0) is 61.2 Å². The van der Waals surface area contributed by atoms with E-state index in [4.69, 9.17) is 0 Å². The van der Waals surface area contributed by atoms with Gasteiger partial charge in [-0.1, -0.05) is 40.5 Å². The van der Waals surface area contributed by atoms with Crippen molar-refractivity contribution in [3.63, 3.8) is 0 Å². The Morgan fingerprint density at radius 2 is 1.24 bits per heavy atom. The molecule has 0 aromatic rings. The second-order valence-corrected chi connectivity index (χ2v) is 10.3. The van der Waals surface area contributed by atoms with Crippen molar-refractivity contribution in [2.24, 2.45) is 5.41 Å². The molecule has 0 aliphatic heterocycles. The molecule has 0 bridgehead atoms. The number of hydrogen-bond acceptors (Lipinski definition) is 0. The number of unbranched alkanes of at least 4 members (excludes halogenated alkanes) is 2. The van der Waals surface area contributed by atoms with Gasteiger partial charge in [0.05, 0.1) is 0 Å². The summed E-state index contributed by atoms with van der Waals surface area (Å²) in [5, 5.41) is 0. The first-order valence-corrected chi connectivity index (χ1v) is 10.6. The van der Waals surface area contributed by atoms with E-state index in [-0.39, 0.29) is 36.6 Å². The minimum absolute atomic E-state index is 0. The predicted octanol–water partition coefficient (Wildman–Crippen LogP) is 6.79. The van der Waals surface area contributed by atoms with E-state index < -0.39 is 0 Å². The minimum Gasteiger partial charge on any atom is -0.358 e. The summed E-state index contributed by atoms with van der Waals surface area (Å²) in [4.78, 5) is 0. The zero-order valence-corrected chi connectivity index (χ0v) is 19.1. The third-order valence-corrected chi connectivity index (χ3v) is 7.41. The average molecular weight is 366 g/mol. The summed E-state index contributed by atoms with van der Waals surface area (Å²) >= 11 is 0. The van der Waals surface area contributed by atoms with Gasteiger partial charge in [0.15, 0.2) is 0 Å². The van der Waals surface area contributed by atoms with Crippen LogP contribution in [0.3, 0.4) is 0 Å². The molecule has 0 amide bonds. The Bertz CT molecular complexity index is 199. The summed E-state index contributed by atoms with van der Waals surface area (Å²) in [5.41, 5.74) is 2.77. The van der Waals surface area contributed by atoms with Crippen LogP contribution in [0, 0.1) is 20.3 Å². The van der Waals surface area contributed by atoms with Crippen molar-refractivity contribution >= 4 is 17.2 Å². The van der Waals surface area contributed by atoms with Crippen molar-refractivity contribution in [3.05, 3.63) is 14.9 Å². The van der Waals surface area contributed by atoms with E-state index in [1.54, 1.807) is 6.42 Å². The van der Waals surface area contributed by atoms with E-state index in [2.05, 4.69) is 27.7 Å². The van der Waals surface area contributed by atoms with Gasteiger partial charge in [-0.25, -0.2) is 0 Å². The topological polar surface area (TPSA) is 0 Å². The third kappa shape index (κ3) is 12.6. The standard InChI is InChI=1S/C16H34P2.2CH3.Ti/c1-5-7-9-17-14-11-15(18-10-8-6-2)13-16(3,4)12-14;;;/h14-15,17-18H,5-13H2,1-4H3;2*1H3;/q;2*-1;+2. The van der Waals surface area contributed by atoms with Crippen LogP contribution < -0.4 is 0 Å². The normalized spacial score (nSPS) is 24.6. The molecule has 0 N–H and O–H groups in total. The SMILES string of the molecule is CCCCPC1CC(PCCCC)CC(C)(C)C1.[CH3-].[CH3-].[Ti+2]. The fraction of sp³-hybridized carbons (Fsp3) is 0.889. The van der Waals surface area contributed by atoms with Crippen LogP contribution in [-0.4, -0.2) is 23.6 Å². The Morgan fingerprint density at radius 3 is 1.57 bits per heavy atom. The Hall–Kier alpha value is 1.57. The molecule has 0 aromatic carbocycles. The average Bonchev–Trinajstić information content (AvgIpc) is 2.28. The molecule has 1 rings (SSSR count). The van der Waals surface area contributed by atoms with Crippen LogP contribution in [0.15, 0.2) is 0 Å². The Labute approximate surface area is 155 Å². The summed E-state index contributed by atoms with van der Waals surface area (Å²) in [7, 11) is 2.50. The van der Waals surface area contributed by atoms with Gasteiger partial charge in [-0.3, -0.25) is 0 Å². The van der Waals surface area contributed by atoms with Crippen molar-refractivity contribution in [2.45, 2.75) is 84.0 Å². The quantitative estimate of drug-likeness (QED) is 0.192. The molecule has 1 saturated carbocycles. The maximum atomic E-state index is 2.51. The Kier molecular flexibility index (Phi) is 19.7. The van der Waals surface area contributed by atoms with E-state index in [0.29, 0.717) is 5.41 Å². The second-order valence-electron chi connectivity index (χ2n) is 6.82. The molecule has 1 aliphatic rings. The van der Waals surface area contributed by atoms with Crippen LogP contribution in [-0.2, 0) is 21.7 Å². The first-order valence-electron chi connectivity index (χ1n) is 8.04. The van der Waals surface area contributed by atoms with Crippen LogP contribution in [0.5, 0.6) is 0 Å². The van der Waals surface area contributed by atoms with E-state index in [9.17, 15) is 0 Å². The molecule has 0 nitrogen and oxygen atoms in total. The largest absolute Gasteiger partial charge is 2.00 e. The summed E-state index contributed by atoms with van der Waals surface area (Å²) in [6.07, 6.45) is 13.2. The molecule has 1 fully saturated rings. The molecule has 126 valence electrons. The maximum Gasteiger partial charge on any atom is 2.00 e. The van der Waals surface area contributed by atoms with Gasteiger partial charge in [-0.2, -0.15) is 0 Å². The summed E-state index contributed by atoms with van der Waals surface area (Å²) < 4.78 is 0. The van der Waals surface area contributed by atoms with Crippen LogP contribution in [0.25, 0.3) is 0 Å². The van der Waals surface area contributed by atoms with E-state index in [1.165, 1.54) is 68.0 Å². The summed E-state index contributed by atoms with van der Waals surface area (Å²) in [5.74, 6) is 0. The molecule has 3 heteroatoms. The zero-order valence-electron chi connectivity index (χ0n) is 15.5. The van der Waals surface area contributed by atoms with Gasteiger partial charge in [-0.15, -0.1) is 17.2 Å². The number of rotatable bonds is 8. The van der Waals surface area contributed by atoms with Crippen molar-refractivity contribution in [1.29, 1.82) is 0 Å². The maximum absolute atomic E-state index is 2.51. The molecule has 1 aliphatic carbocycles. The van der Waals surface area contributed by atoms with Crippen molar-refractivity contribution in [1.82, 2.24) is 0 Å². The molecule has 4 atom stereocenters. The smallest absolute Gasteiger partial charge is 0.358 e. The molecular weight excluding hydrogens is 326 g/mol. The Morgan fingerprint density at radius 1 is 0.857 bits per heavy atom. The molecular formula is C18H40P2Ti. The molecule has 0 aromatic heterocycles. The molecule has 4 unspecified atom stereocenters. The van der Waals surface area contributed by atoms with Gasteiger partial charge in [0.1, 0.15) is 0 Å². The molecule has 0 heterocycles. The van der Waals surface area contributed by atoms with Crippen molar-refractivity contribution < 1.29 is 21.7 Å². The first kappa shape index (κ1) is 27.4. The van der Waals surface area contributed by atoms with E-state index >= 15 is 0 Å². The minimum atomic E-state index is 0. The van der Waals surface area contributed by atoms with Crippen LogP contribution in [0.2, 0.25) is 0 Å². The van der Waals surface area contributed by atoms with Gasteiger partial charge in [0, 0.05) is 0 Å². The molecule has 21 heavy (non-hydrogen) atoms. The monoisotopic (exact) mass is 366 g/mol. The van der Waals surface area contributed by atoms with Gasteiger partial charge in [0.25, 0.3) is 0 Å². The summed E-state index contributed by atoms with van der Waals surface area (Å²) in [6, 6.07) is 0. The second kappa shape index (κ2) is 15.1. The summed E-state index contributed by atoms with van der Waals surface area (Å²) in [6.45, 7) is 9.68. The fourth-order valence-corrected chi connectivity index (χ4v) is 7.67. The molecule has 0 spiro atoms. The zero-order chi connectivity index (χ0) is 13.4. The Balaban J connectivity index is -0.00000108. The van der Waals surface area contributed by atoms with Crippen LogP contribution in [0.4, 0.5) is 0 Å². The van der Waals surface area contributed by atoms with E-state index in [0.717, 1.165) is 11.3 Å². The predicted molar refractivity (Wildman–Crippen MR) is 104 cm³/mol. The van der Waals surface area contributed by atoms with E-state index in [1.807, 2.05) is 0 Å². The van der Waals surface area contributed by atoms with Gasteiger partial charge >= 0.3 is 21.7 Å². The van der Waals surface area contributed by atoms with Crippen LogP contribution in [0.1, 0.15) is 72.6 Å². The van der Waals surface area contributed by atoms with Gasteiger partial charge < -0.3 is 14.9 Å². The fourth-order valence-electron chi connectivity index (χ4n) is 3.20. The van der Waals surface area contributed by atoms with Crippen molar-refractivity contribution in [3.8, 4) is 0 Å². The molecule has 0 saturated heterocycles. The van der Waals surface area contributed by atoms with Crippen LogP contribution >= 0.6 is 17.2 Å². The van der Waals surface area contributed by atoms with Gasteiger partial charge in [0.2, 0.25) is 0 Å². The third-order valence-electron chi connectivity index (χ3n) is 4.09. The first-order chi connectivity index (χ1) is 8.57.